The van der Waals surface area contributed by atoms with Crippen LogP contribution in [0.1, 0.15) is 104 Å². The molecule has 4 amide bonds. The Bertz CT molecular complexity index is 2850. The number of ether oxygens (including phenoxy) is 1. The number of benzene rings is 4. The maximum Gasteiger partial charge on any atom is 0.430 e. The number of likely N-dealkylation sites (tertiary alicyclic amines) is 2. The van der Waals surface area contributed by atoms with Crippen molar-refractivity contribution < 1.29 is 60.5 Å². The van der Waals surface area contributed by atoms with E-state index in [0.29, 0.717) is 45.8 Å². The zero-order valence-corrected chi connectivity index (χ0v) is 48.4. The zero-order chi connectivity index (χ0) is 59.4. The molecule has 21 heteroatoms. The number of amides is 4. The maximum atomic E-state index is 14.3. The summed E-state index contributed by atoms with van der Waals surface area (Å²) < 4.78 is 90.0. The lowest BCUT2D eigenvalue weighted by Crippen LogP contribution is -2.61. The highest BCUT2D eigenvalue weighted by Gasteiger charge is 2.64. The highest BCUT2D eigenvalue weighted by molar-refractivity contribution is 6.34. The van der Waals surface area contributed by atoms with Crippen molar-refractivity contribution >= 4 is 58.2 Å². The number of alkyl halides is 6. The molecule has 2 N–H and O–H groups in total. The molecule has 0 radical (unpaired) electrons. The van der Waals surface area contributed by atoms with Gasteiger partial charge in [-0.2, -0.15) is 26.3 Å². The molecule has 4 aliphatic rings. The highest BCUT2D eigenvalue weighted by atomic mass is 35.5. The molecule has 4 heterocycles. The third-order valence-electron chi connectivity index (χ3n) is 16.3. The molecular weight excluding hydrogens is 1100 g/mol. The minimum atomic E-state index is -5.21. The Morgan fingerprint density at radius 1 is 0.605 bits per heavy atom. The quantitative estimate of drug-likeness (QED) is 0.118. The monoisotopic (exact) mass is 1170 g/mol. The fraction of sp³-hybridized carbons (Fsp3) is 0.533. The average Bonchev–Trinajstić information content (AvgIpc) is 3.41. The van der Waals surface area contributed by atoms with Gasteiger partial charge in [0.2, 0.25) is 0 Å². The number of hydrogen-bond donors (Lipinski definition) is 2. The van der Waals surface area contributed by atoms with E-state index < -0.39 is 46.5 Å². The van der Waals surface area contributed by atoms with Crippen LogP contribution in [0.3, 0.4) is 0 Å². The minimum Gasteiger partial charge on any atom is -0.491 e. The molecule has 0 aromatic heterocycles. The fourth-order valence-electron chi connectivity index (χ4n) is 11.6. The summed E-state index contributed by atoms with van der Waals surface area (Å²) in [6, 6.07) is 22.5. The number of carbonyl (C=O) groups excluding carboxylic acids is 4. The Kier molecular flexibility index (Phi) is 19.7. The smallest absolute Gasteiger partial charge is 0.430 e. The molecule has 442 valence electrons. The van der Waals surface area contributed by atoms with Crippen LogP contribution in [0.4, 0.5) is 37.7 Å². The molecule has 0 aliphatic carbocycles. The lowest BCUT2D eigenvalue weighted by Gasteiger charge is -2.45. The van der Waals surface area contributed by atoms with Gasteiger partial charge in [-0.15, -0.1) is 0 Å². The van der Waals surface area contributed by atoms with E-state index in [0.717, 1.165) is 110 Å². The second kappa shape index (κ2) is 25.4. The third-order valence-corrected chi connectivity index (χ3v) is 17.0. The summed E-state index contributed by atoms with van der Waals surface area (Å²) in [5.41, 5.74) is -5.50. The van der Waals surface area contributed by atoms with Crippen molar-refractivity contribution in [1.29, 1.82) is 0 Å². The van der Waals surface area contributed by atoms with Crippen LogP contribution < -0.4 is 14.5 Å². The number of aliphatic hydroxyl groups is 2. The van der Waals surface area contributed by atoms with E-state index in [-0.39, 0.29) is 61.2 Å². The molecule has 0 unspecified atom stereocenters. The topological polar surface area (TPSA) is 137 Å². The van der Waals surface area contributed by atoms with E-state index in [9.17, 15) is 55.7 Å². The zero-order valence-electron chi connectivity index (χ0n) is 46.9. The molecule has 4 fully saturated rings. The van der Waals surface area contributed by atoms with Crippen molar-refractivity contribution in [2.24, 2.45) is 23.2 Å². The fourth-order valence-corrected chi connectivity index (χ4v) is 12.1. The Morgan fingerprint density at radius 3 is 1.49 bits per heavy atom. The van der Waals surface area contributed by atoms with Crippen molar-refractivity contribution in [3.05, 3.63) is 123 Å². The summed E-state index contributed by atoms with van der Waals surface area (Å²) in [6.07, 6.45) is -4.02. The predicted octanol–water partition coefficient (Wildman–Crippen LogP) is 11.1. The lowest BCUT2D eigenvalue weighted by atomic mass is 9.71. The van der Waals surface area contributed by atoms with Crippen LogP contribution >= 0.6 is 23.2 Å². The normalized spacial score (nSPS) is 18.9. The van der Waals surface area contributed by atoms with Gasteiger partial charge in [-0.3, -0.25) is 19.2 Å². The van der Waals surface area contributed by atoms with E-state index in [1.807, 2.05) is 24.3 Å². The SMILES string of the molecule is CC(C)Oc1cccc([C@@](O)(C(=O)N2CCC(C)(CC3CCN(c4ccc(C(=O)N(C)C)c(Cl)c4)CC3)CC2)C(F)(F)F)c1.CN(C)C(=O)c1ccc(N2CCC(CC3CN(C(=O)[C@](O)(c4ccccc4)C(F)(F)F)C3)CC2)cc1Cl. The first-order valence-corrected chi connectivity index (χ1v) is 28.2. The molecule has 0 bridgehead atoms. The first-order valence-electron chi connectivity index (χ1n) is 27.5. The van der Waals surface area contributed by atoms with Crippen LogP contribution in [0.5, 0.6) is 5.75 Å². The summed E-state index contributed by atoms with van der Waals surface area (Å²) in [7, 11) is 6.72. The summed E-state index contributed by atoms with van der Waals surface area (Å²) >= 11 is 12.8. The van der Waals surface area contributed by atoms with Crippen molar-refractivity contribution in [1.82, 2.24) is 19.6 Å². The Hall–Kier alpha value is -5.76. The summed E-state index contributed by atoms with van der Waals surface area (Å²) in [5.74, 6) is -1.84. The van der Waals surface area contributed by atoms with Gasteiger partial charge in [0, 0.05) is 103 Å². The number of anilines is 2. The van der Waals surface area contributed by atoms with Gasteiger partial charge in [0.05, 0.1) is 27.3 Å². The standard InChI is InChI=1S/C33H43ClF3N3O4.C27H31ClF3N3O3/c1-22(2)44-26-8-6-7-24(19-26)32(43,33(35,36)37)30(42)40-17-13-31(3,14-18-40)21-23-11-15-39(16-12-23)25-9-10-27(28(34)20-25)29(41)38(4)5;1-32(2)24(35)22-9-8-21(15-23(22)28)33-12-10-18(11-13-33)14-19-16-34(17-19)25(36)26(37,27(29,30)31)20-6-4-3-5-7-20/h6-10,19-20,22-23,43H,11-18,21H2,1-5H3;3-9,15,18-19,37H,10-14,16-17H2,1-2H3/t32-;26-/m11/s1. The molecule has 4 saturated heterocycles. The van der Waals surface area contributed by atoms with Crippen LogP contribution in [0.2, 0.25) is 10.0 Å². The van der Waals surface area contributed by atoms with Gasteiger partial charge in [-0.05, 0) is 137 Å². The number of halogens is 8. The number of piperidine rings is 3. The lowest BCUT2D eigenvalue weighted by molar-refractivity contribution is -0.264. The summed E-state index contributed by atoms with van der Waals surface area (Å²) in [4.78, 5) is 60.4. The molecule has 8 rings (SSSR count). The van der Waals surface area contributed by atoms with Crippen molar-refractivity contribution in [2.75, 3.05) is 90.3 Å². The molecule has 0 saturated carbocycles. The van der Waals surface area contributed by atoms with E-state index in [1.54, 1.807) is 54.2 Å². The number of nitrogens with zero attached hydrogens (tertiary/aromatic N) is 6. The number of hydrogen-bond acceptors (Lipinski definition) is 9. The van der Waals surface area contributed by atoms with Crippen molar-refractivity contribution in [2.45, 2.75) is 102 Å². The van der Waals surface area contributed by atoms with Crippen LogP contribution in [-0.2, 0) is 20.8 Å². The number of carbonyl (C=O) groups is 4. The van der Waals surface area contributed by atoms with E-state index in [4.69, 9.17) is 27.9 Å². The van der Waals surface area contributed by atoms with Gasteiger partial charge < -0.3 is 44.3 Å². The van der Waals surface area contributed by atoms with Gasteiger partial charge in [0.25, 0.3) is 34.8 Å². The predicted molar refractivity (Wildman–Crippen MR) is 301 cm³/mol. The van der Waals surface area contributed by atoms with E-state index >= 15 is 0 Å². The molecular formula is C60H74Cl2F6N6O7. The molecule has 13 nitrogen and oxygen atoms in total. The summed E-state index contributed by atoms with van der Waals surface area (Å²) in [6.45, 7) is 9.61. The Morgan fingerprint density at radius 2 is 1.05 bits per heavy atom. The highest BCUT2D eigenvalue weighted by Crippen LogP contribution is 2.46. The Balaban J connectivity index is 0.000000237. The van der Waals surface area contributed by atoms with E-state index in [1.165, 1.54) is 40.1 Å². The maximum absolute atomic E-state index is 14.3. The van der Waals surface area contributed by atoms with Gasteiger partial charge in [0.1, 0.15) is 5.75 Å². The third kappa shape index (κ3) is 14.2. The van der Waals surface area contributed by atoms with Gasteiger partial charge in [0.15, 0.2) is 0 Å². The molecule has 0 spiro atoms. The van der Waals surface area contributed by atoms with Crippen molar-refractivity contribution in [3.63, 3.8) is 0 Å². The van der Waals surface area contributed by atoms with Gasteiger partial charge >= 0.3 is 12.4 Å². The molecule has 81 heavy (non-hydrogen) atoms. The first kappa shape index (κ1) is 62.8. The number of rotatable bonds is 14. The average molecular weight is 1180 g/mol. The van der Waals surface area contributed by atoms with Crippen molar-refractivity contribution in [3.8, 4) is 5.75 Å². The molecule has 4 aromatic carbocycles. The van der Waals surface area contributed by atoms with Crippen LogP contribution in [0.25, 0.3) is 0 Å². The van der Waals surface area contributed by atoms with E-state index in [2.05, 4.69) is 16.7 Å². The second-order valence-corrected chi connectivity index (χ2v) is 24.0. The van der Waals surface area contributed by atoms with Crippen LogP contribution in [-0.4, -0.2) is 152 Å². The van der Waals surface area contributed by atoms with Gasteiger partial charge in [-0.1, -0.05) is 72.6 Å². The first-order chi connectivity index (χ1) is 37.9. The molecule has 4 aromatic rings. The summed E-state index contributed by atoms with van der Waals surface area (Å²) in [5, 5.41) is 22.3. The van der Waals surface area contributed by atoms with Crippen LogP contribution in [0, 0.1) is 23.2 Å². The van der Waals surface area contributed by atoms with Gasteiger partial charge in [-0.25, -0.2) is 0 Å². The largest absolute Gasteiger partial charge is 0.491 e. The molecule has 4 aliphatic heterocycles. The Labute approximate surface area is 480 Å². The molecule has 2 atom stereocenters. The van der Waals surface area contributed by atoms with Crippen LogP contribution in [0.15, 0.2) is 91.0 Å². The minimum absolute atomic E-state index is 0.111. The second-order valence-electron chi connectivity index (χ2n) is 23.2.